The van der Waals surface area contributed by atoms with Crippen molar-refractivity contribution >= 4 is 23.3 Å². The van der Waals surface area contributed by atoms with Crippen LogP contribution in [0.15, 0.2) is 11.6 Å². The highest BCUT2D eigenvalue weighted by molar-refractivity contribution is 7.09. The Hall–Kier alpha value is -1.84. The van der Waals surface area contributed by atoms with Crippen molar-refractivity contribution in [3.05, 3.63) is 16.6 Å². The molecule has 0 spiro atoms. The monoisotopic (exact) mass is 325 g/mol. The highest BCUT2D eigenvalue weighted by Gasteiger charge is 2.34. The van der Waals surface area contributed by atoms with Crippen LogP contribution < -0.4 is 5.32 Å². The number of thiazole rings is 1. The maximum atomic E-state index is 12.3. The molecule has 1 aromatic rings. The van der Waals surface area contributed by atoms with E-state index < -0.39 is 31.3 Å². The summed E-state index contributed by atoms with van der Waals surface area (Å²) in [6.45, 7) is -0.807. The molecule has 0 saturated carbocycles. The van der Waals surface area contributed by atoms with Crippen molar-refractivity contribution in [2.24, 2.45) is 0 Å². The van der Waals surface area contributed by atoms with Crippen LogP contribution in [0.5, 0.6) is 0 Å². The Bertz CT molecular complexity index is 479. The first-order valence-corrected chi connectivity index (χ1v) is 6.77. The fourth-order valence-electron chi connectivity index (χ4n) is 1.50. The second kappa shape index (κ2) is 7.25. The van der Waals surface area contributed by atoms with Crippen LogP contribution in [0.25, 0.3) is 0 Å². The number of carbonyl (C=O) groups is 2. The van der Waals surface area contributed by atoms with E-state index in [4.69, 9.17) is 5.11 Å². The summed E-state index contributed by atoms with van der Waals surface area (Å²) in [7, 11) is 0. The fraction of sp³-hybridized carbons (Fsp3) is 0.545. The van der Waals surface area contributed by atoms with Crippen LogP contribution in [0, 0.1) is 0 Å². The topological polar surface area (TPSA) is 82.5 Å². The van der Waals surface area contributed by atoms with Gasteiger partial charge in [-0.2, -0.15) is 13.2 Å². The molecule has 0 fully saturated rings. The highest BCUT2D eigenvalue weighted by Crippen LogP contribution is 2.18. The van der Waals surface area contributed by atoms with Gasteiger partial charge in [0.2, 0.25) is 0 Å². The molecule has 0 aliphatic heterocycles. The SMILES string of the molecule is CC(CNC(=O)N(CC(=O)O)CC(F)(F)F)c1nccs1. The lowest BCUT2D eigenvalue weighted by Gasteiger charge is -2.23. The summed E-state index contributed by atoms with van der Waals surface area (Å²) in [4.78, 5) is 26.4. The van der Waals surface area contributed by atoms with Gasteiger partial charge in [-0.15, -0.1) is 11.3 Å². The normalized spacial score (nSPS) is 12.8. The standard InChI is InChI=1S/C11H14F3N3O3S/c1-7(9-15-2-3-21-9)4-16-10(20)17(5-8(18)19)6-11(12,13)14/h2-3,7H,4-6H2,1H3,(H,16,20)(H,18,19). The number of urea groups is 1. The van der Waals surface area contributed by atoms with Crippen LogP contribution in [-0.4, -0.2) is 52.8 Å². The number of hydrogen-bond acceptors (Lipinski definition) is 4. The van der Waals surface area contributed by atoms with Crippen LogP contribution >= 0.6 is 11.3 Å². The average molecular weight is 325 g/mol. The van der Waals surface area contributed by atoms with Gasteiger partial charge in [0, 0.05) is 24.0 Å². The van der Waals surface area contributed by atoms with E-state index in [2.05, 4.69) is 10.3 Å². The van der Waals surface area contributed by atoms with Gasteiger partial charge < -0.3 is 15.3 Å². The first-order valence-electron chi connectivity index (χ1n) is 5.89. The van der Waals surface area contributed by atoms with E-state index in [1.54, 1.807) is 18.5 Å². The molecule has 0 aliphatic rings. The lowest BCUT2D eigenvalue weighted by atomic mass is 10.2. The Balaban J connectivity index is 2.57. The molecular formula is C11H14F3N3O3S. The number of alkyl halides is 3. The van der Waals surface area contributed by atoms with Crippen LogP contribution in [-0.2, 0) is 4.79 Å². The minimum atomic E-state index is -4.66. The average Bonchev–Trinajstić information content (AvgIpc) is 2.86. The lowest BCUT2D eigenvalue weighted by molar-refractivity contribution is -0.148. The lowest BCUT2D eigenvalue weighted by Crippen LogP contribution is -2.47. The van der Waals surface area contributed by atoms with E-state index in [0.717, 1.165) is 5.01 Å². The van der Waals surface area contributed by atoms with Crippen molar-refractivity contribution in [3.8, 4) is 0 Å². The second-order valence-electron chi connectivity index (χ2n) is 4.32. The molecule has 1 rings (SSSR count). The predicted octanol–water partition coefficient (Wildman–Crippen LogP) is 1.91. The van der Waals surface area contributed by atoms with E-state index >= 15 is 0 Å². The summed E-state index contributed by atoms with van der Waals surface area (Å²) in [5.41, 5.74) is 0. The van der Waals surface area contributed by atoms with Crippen LogP contribution in [0.4, 0.5) is 18.0 Å². The second-order valence-corrected chi connectivity index (χ2v) is 5.25. The molecule has 10 heteroatoms. The number of carboxylic acids is 1. The number of nitrogens with one attached hydrogen (secondary N) is 1. The van der Waals surface area contributed by atoms with E-state index in [9.17, 15) is 22.8 Å². The zero-order valence-electron chi connectivity index (χ0n) is 11.1. The number of carboxylic acid groups (broad SMARTS) is 1. The Morgan fingerprint density at radius 3 is 2.67 bits per heavy atom. The molecule has 0 aromatic carbocycles. The van der Waals surface area contributed by atoms with Crippen molar-refractivity contribution in [1.82, 2.24) is 15.2 Å². The predicted molar refractivity (Wildman–Crippen MR) is 69.2 cm³/mol. The Morgan fingerprint density at radius 1 is 1.52 bits per heavy atom. The van der Waals surface area contributed by atoms with Crippen molar-refractivity contribution in [2.45, 2.75) is 19.0 Å². The molecule has 0 bridgehead atoms. The van der Waals surface area contributed by atoms with E-state index in [1.807, 2.05) is 0 Å². The maximum absolute atomic E-state index is 12.3. The van der Waals surface area contributed by atoms with Gasteiger partial charge >= 0.3 is 18.2 Å². The van der Waals surface area contributed by atoms with Gasteiger partial charge in [0.15, 0.2) is 0 Å². The van der Waals surface area contributed by atoms with Crippen molar-refractivity contribution in [1.29, 1.82) is 0 Å². The van der Waals surface area contributed by atoms with Gasteiger partial charge in [0.25, 0.3) is 0 Å². The number of hydrogen-bond donors (Lipinski definition) is 2. The Kier molecular flexibility index (Phi) is 5.94. The molecular weight excluding hydrogens is 311 g/mol. The zero-order chi connectivity index (χ0) is 16.0. The molecule has 2 amide bonds. The Labute approximate surface area is 122 Å². The van der Waals surface area contributed by atoms with Gasteiger partial charge in [-0.1, -0.05) is 6.92 Å². The largest absolute Gasteiger partial charge is 0.480 e. The summed E-state index contributed by atoms with van der Waals surface area (Å²) >= 11 is 1.36. The molecule has 1 atom stereocenters. The first kappa shape index (κ1) is 17.2. The van der Waals surface area contributed by atoms with Gasteiger partial charge in [0.05, 0.1) is 5.01 Å². The number of aliphatic carboxylic acids is 1. The summed E-state index contributed by atoms with van der Waals surface area (Å²) < 4.78 is 36.9. The number of halogens is 3. The van der Waals surface area contributed by atoms with Gasteiger partial charge in [-0.05, 0) is 0 Å². The minimum Gasteiger partial charge on any atom is -0.480 e. The number of amides is 2. The quantitative estimate of drug-likeness (QED) is 0.837. The van der Waals surface area contributed by atoms with E-state index in [1.165, 1.54) is 11.3 Å². The molecule has 0 saturated heterocycles. The van der Waals surface area contributed by atoms with Crippen molar-refractivity contribution in [2.75, 3.05) is 19.6 Å². The van der Waals surface area contributed by atoms with E-state index in [-0.39, 0.29) is 17.4 Å². The third-order valence-corrected chi connectivity index (χ3v) is 3.42. The third-order valence-electron chi connectivity index (χ3n) is 2.42. The molecule has 118 valence electrons. The number of aromatic nitrogens is 1. The molecule has 1 heterocycles. The first-order chi connectivity index (χ1) is 9.69. The minimum absolute atomic E-state index is 0.0698. The van der Waals surface area contributed by atoms with E-state index in [0.29, 0.717) is 0 Å². The maximum Gasteiger partial charge on any atom is 0.406 e. The number of carbonyl (C=O) groups excluding carboxylic acids is 1. The van der Waals surface area contributed by atoms with Gasteiger partial charge in [0.1, 0.15) is 13.1 Å². The molecule has 0 aliphatic carbocycles. The van der Waals surface area contributed by atoms with Crippen LogP contribution in [0.3, 0.4) is 0 Å². The summed E-state index contributed by atoms with van der Waals surface area (Å²) in [5, 5.41) is 13.3. The summed E-state index contributed by atoms with van der Waals surface area (Å²) in [6.07, 6.45) is -3.08. The van der Waals surface area contributed by atoms with Gasteiger partial charge in [-0.3, -0.25) is 4.79 Å². The molecule has 1 unspecified atom stereocenters. The number of nitrogens with zero attached hydrogens (tertiary/aromatic N) is 2. The summed E-state index contributed by atoms with van der Waals surface area (Å²) in [6, 6.07) is -1.07. The molecule has 0 radical (unpaired) electrons. The molecule has 1 aromatic heterocycles. The zero-order valence-corrected chi connectivity index (χ0v) is 11.9. The molecule has 6 nitrogen and oxygen atoms in total. The summed E-state index contributed by atoms with van der Waals surface area (Å²) in [5.74, 6) is -1.69. The smallest absolute Gasteiger partial charge is 0.406 e. The highest BCUT2D eigenvalue weighted by atomic mass is 32.1. The number of rotatable bonds is 6. The van der Waals surface area contributed by atoms with Crippen molar-refractivity contribution in [3.63, 3.8) is 0 Å². The van der Waals surface area contributed by atoms with Crippen LogP contribution in [0.2, 0.25) is 0 Å². The van der Waals surface area contributed by atoms with Gasteiger partial charge in [-0.25, -0.2) is 9.78 Å². The third kappa shape index (κ3) is 6.43. The van der Waals surface area contributed by atoms with Crippen molar-refractivity contribution < 1.29 is 27.9 Å². The molecule has 2 N–H and O–H groups in total. The van der Waals surface area contributed by atoms with Crippen LogP contribution in [0.1, 0.15) is 17.8 Å². The fourth-order valence-corrected chi connectivity index (χ4v) is 2.20. The Morgan fingerprint density at radius 2 is 2.19 bits per heavy atom. The molecule has 21 heavy (non-hydrogen) atoms.